The predicted octanol–water partition coefficient (Wildman–Crippen LogP) is 4.50. The van der Waals surface area contributed by atoms with Gasteiger partial charge in [0.2, 0.25) is 0 Å². The van der Waals surface area contributed by atoms with E-state index in [1.54, 1.807) is 18.2 Å². The normalized spacial score (nSPS) is 10.4. The number of amides is 2. The second-order valence-electron chi connectivity index (χ2n) is 5.16. The van der Waals surface area contributed by atoms with Gasteiger partial charge in [-0.15, -0.1) is 0 Å². The number of urea groups is 1. The van der Waals surface area contributed by atoms with Gasteiger partial charge < -0.3 is 15.7 Å². The third kappa shape index (κ3) is 3.01. The van der Waals surface area contributed by atoms with Crippen LogP contribution in [0.5, 0.6) is 5.75 Å². The van der Waals surface area contributed by atoms with Gasteiger partial charge in [0.05, 0.1) is 5.69 Å². The van der Waals surface area contributed by atoms with Crippen LogP contribution < -0.4 is 10.6 Å². The molecule has 0 saturated carbocycles. The van der Waals surface area contributed by atoms with E-state index in [0.29, 0.717) is 5.69 Å². The topological polar surface area (TPSA) is 61.4 Å². The lowest BCUT2D eigenvalue weighted by Crippen LogP contribution is -2.19. The first-order valence-electron chi connectivity index (χ1n) is 6.98. The number of phenols is 1. The van der Waals surface area contributed by atoms with Gasteiger partial charge in [0.15, 0.2) is 0 Å². The summed E-state index contributed by atoms with van der Waals surface area (Å²) in [7, 11) is 0. The summed E-state index contributed by atoms with van der Waals surface area (Å²) in [4.78, 5) is 12.1. The average molecular weight is 292 g/mol. The predicted molar refractivity (Wildman–Crippen MR) is 89.4 cm³/mol. The number of hydrogen-bond donors (Lipinski definition) is 3. The van der Waals surface area contributed by atoms with Crippen LogP contribution in [0.2, 0.25) is 0 Å². The molecule has 110 valence electrons. The Morgan fingerprint density at radius 2 is 1.77 bits per heavy atom. The minimum Gasteiger partial charge on any atom is -0.508 e. The summed E-state index contributed by atoms with van der Waals surface area (Å²) in [6.07, 6.45) is 0. The summed E-state index contributed by atoms with van der Waals surface area (Å²) in [6.45, 7) is 1.97. The standard InChI is InChI=1S/C18H16N2O2/c1-12-4-2-6-14(10-12)19-18(22)20-17-7-3-5-13-8-9-15(21)11-16(13)17/h2-11,21H,1H3,(H2,19,20,22). The molecule has 2 amide bonds. The Kier molecular flexibility index (Phi) is 3.66. The lowest BCUT2D eigenvalue weighted by Gasteiger charge is -2.11. The van der Waals surface area contributed by atoms with Gasteiger partial charge in [-0.05, 0) is 48.2 Å². The minimum absolute atomic E-state index is 0.167. The fraction of sp³-hybridized carbons (Fsp3) is 0.0556. The van der Waals surface area contributed by atoms with Crippen molar-refractivity contribution in [2.75, 3.05) is 10.6 Å². The molecule has 0 atom stereocenters. The summed E-state index contributed by atoms with van der Waals surface area (Å²) in [5.74, 6) is 0.167. The molecule has 3 N–H and O–H groups in total. The summed E-state index contributed by atoms with van der Waals surface area (Å²) in [5.41, 5.74) is 2.46. The van der Waals surface area contributed by atoms with E-state index in [9.17, 15) is 9.90 Å². The van der Waals surface area contributed by atoms with Crippen LogP contribution in [-0.2, 0) is 0 Å². The minimum atomic E-state index is -0.318. The number of anilines is 2. The van der Waals surface area contributed by atoms with Gasteiger partial charge in [-0.2, -0.15) is 0 Å². The fourth-order valence-electron chi connectivity index (χ4n) is 2.38. The molecule has 0 spiro atoms. The maximum absolute atomic E-state index is 12.1. The van der Waals surface area contributed by atoms with E-state index < -0.39 is 0 Å². The quantitative estimate of drug-likeness (QED) is 0.651. The monoisotopic (exact) mass is 292 g/mol. The molecule has 3 rings (SSSR count). The largest absolute Gasteiger partial charge is 0.508 e. The van der Waals surface area contributed by atoms with Crippen molar-refractivity contribution in [2.24, 2.45) is 0 Å². The third-order valence-electron chi connectivity index (χ3n) is 3.39. The molecule has 0 fully saturated rings. The Morgan fingerprint density at radius 3 is 2.59 bits per heavy atom. The van der Waals surface area contributed by atoms with E-state index in [1.807, 2.05) is 49.4 Å². The van der Waals surface area contributed by atoms with Crippen molar-refractivity contribution in [1.29, 1.82) is 0 Å². The van der Waals surface area contributed by atoms with Crippen LogP contribution in [-0.4, -0.2) is 11.1 Å². The molecule has 4 heteroatoms. The van der Waals surface area contributed by atoms with Crippen molar-refractivity contribution >= 4 is 28.2 Å². The Balaban J connectivity index is 1.83. The van der Waals surface area contributed by atoms with Gasteiger partial charge in [-0.1, -0.05) is 30.3 Å². The number of carbonyl (C=O) groups is 1. The number of nitrogens with one attached hydrogen (secondary N) is 2. The van der Waals surface area contributed by atoms with Crippen molar-refractivity contribution in [3.63, 3.8) is 0 Å². The van der Waals surface area contributed by atoms with Crippen LogP contribution in [0.25, 0.3) is 10.8 Å². The Bertz CT molecular complexity index is 843. The van der Waals surface area contributed by atoms with E-state index in [-0.39, 0.29) is 11.8 Å². The van der Waals surface area contributed by atoms with Crippen LogP contribution in [0.4, 0.5) is 16.2 Å². The lowest BCUT2D eigenvalue weighted by atomic mass is 10.1. The molecule has 0 saturated heterocycles. The summed E-state index contributed by atoms with van der Waals surface area (Å²) in [6, 6.07) is 17.9. The first-order chi connectivity index (χ1) is 10.6. The molecule has 0 aliphatic heterocycles. The average Bonchev–Trinajstić information content (AvgIpc) is 2.48. The highest BCUT2D eigenvalue weighted by Crippen LogP contribution is 2.27. The number of aryl methyl sites for hydroxylation is 1. The molecule has 3 aromatic rings. The summed E-state index contributed by atoms with van der Waals surface area (Å²) >= 11 is 0. The fourth-order valence-corrected chi connectivity index (χ4v) is 2.38. The summed E-state index contributed by atoms with van der Waals surface area (Å²) in [5, 5.41) is 17.0. The van der Waals surface area contributed by atoms with Crippen LogP contribution in [0, 0.1) is 6.92 Å². The third-order valence-corrected chi connectivity index (χ3v) is 3.39. The number of carbonyl (C=O) groups excluding carboxylic acids is 1. The number of fused-ring (bicyclic) bond motifs is 1. The molecule has 0 heterocycles. The Hall–Kier alpha value is -3.01. The van der Waals surface area contributed by atoms with Crippen molar-refractivity contribution < 1.29 is 9.90 Å². The van der Waals surface area contributed by atoms with Gasteiger partial charge in [0, 0.05) is 11.1 Å². The van der Waals surface area contributed by atoms with Gasteiger partial charge >= 0.3 is 6.03 Å². The van der Waals surface area contributed by atoms with Gasteiger partial charge in [-0.25, -0.2) is 4.79 Å². The molecule has 0 radical (unpaired) electrons. The second kappa shape index (κ2) is 5.77. The van der Waals surface area contributed by atoms with Crippen molar-refractivity contribution in [3.8, 4) is 5.75 Å². The second-order valence-corrected chi connectivity index (χ2v) is 5.16. The SMILES string of the molecule is Cc1cccc(NC(=O)Nc2cccc3ccc(O)cc23)c1. The number of aromatic hydroxyl groups is 1. The van der Waals surface area contributed by atoms with Gasteiger partial charge in [0.25, 0.3) is 0 Å². The zero-order chi connectivity index (χ0) is 15.5. The molecule has 0 aliphatic carbocycles. The molecule has 0 unspecified atom stereocenters. The smallest absolute Gasteiger partial charge is 0.323 e. The highest BCUT2D eigenvalue weighted by Gasteiger charge is 2.06. The molecule has 22 heavy (non-hydrogen) atoms. The Labute approximate surface area is 128 Å². The molecule has 3 aromatic carbocycles. The molecular formula is C18H16N2O2. The zero-order valence-electron chi connectivity index (χ0n) is 12.1. The molecule has 0 aromatic heterocycles. The van der Waals surface area contributed by atoms with Crippen LogP contribution in [0.15, 0.2) is 60.7 Å². The van der Waals surface area contributed by atoms with E-state index in [2.05, 4.69) is 10.6 Å². The first-order valence-corrected chi connectivity index (χ1v) is 6.98. The first kappa shape index (κ1) is 13.9. The summed E-state index contributed by atoms with van der Waals surface area (Å²) < 4.78 is 0. The van der Waals surface area contributed by atoms with Gasteiger partial charge in [0.1, 0.15) is 5.75 Å². The molecule has 0 bridgehead atoms. The van der Waals surface area contributed by atoms with E-state index in [0.717, 1.165) is 22.0 Å². The van der Waals surface area contributed by atoms with E-state index >= 15 is 0 Å². The van der Waals surface area contributed by atoms with Crippen molar-refractivity contribution in [1.82, 2.24) is 0 Å². The maximum Gasteiger partial charge on any atom is 0.323 e. The number of rotatable bonds is 2. The van der Waals surface area contributed by atoms with Crippen molar-refractivity contribution in [3.05, 3.63) is 66.2 Å². The molecule has 0 aliphatic rings. The van der Waals surface area contributed by atoms with Crippen molar-refractivity contribution in [2.45, 2.75) is 6.92 Å². The zero-order valence-corrected chi connectivity index (χ0v) is 12.1. The van der Waals surface area contributed by atoms with Crippen LogP contribution >= 0.6 is 0 Å². The molecular weight excluding hydrogens is 276 g/mol. The highest BCUT2D eigenvalue weighted by molar-refractivity contribution is 6.06. The van der Waals surface area contributed by atoms with Crippen LogP contribution in [0.1, 0.15) is 5.56 Å². The van der Waals surface area contributed by atoms with Crippen LogP contribution in [0.3, 0.4) is 0 Å². The lowest BCUT2D eigenvalue weighted by molar-refractivity contribution is 0.262. The Morgan fingerprint density at radius 1 is 0.955 bits per heavy atom. The van der Waals surface area contributed by atoms with E-state index in [4.69, 9.17) is 0 Å². The molecule has 4 nitrogen and oxygen atoms in total. The van der Waals surface area contributed by atoms with E-state index in [1.165, 1.54) is 0 Å². The number of hydrogen-bond acceptors (Lipinski definition) is 2. The number of phenolic OH excluding ortho intramolecular Hbond substituents is 1. The maximum atomic E-state index is 12.1. The van der Waals surface area contributed by atoms with Gasteiger partial charge in [-0.3, -0.25) is 0 Å². The number of benzene rings is 3. The highest BCUT2D eigenvalue weighted by atomic mass is 16.3.